The van der Waals surface area contributed by atoms with Crippen molar-refractivity contribution >= 4 is 36.2 Å². The van der Waals surface area contributed by atoms with Crippen LogP contribution in [0.5, 0.6) is 11.5 Å². The average Bonchev–Trinajstić information content (AvgIpc) is 2.48. The van der Waals surface area contributed by atoms with Crippen molar-refractivity contribution in [2.75, 3.05) is 24.1 Å². The van der Waals surface area contributed by atoms with Crippen LogP contribution >= 0.6 is 24.8 Å². The number of nitrogens with two attached hydrogens (primary N) is 1. The molecule has 6 N–H and O–H groups in total. The quantitative estimate of drug-likeness (QED) is 0.430. The van der Waals surface area contributed by atoms with E-state index in [0.717, 1.165) is 35.5 Å². The highest BCUT2D eigenvalue weighted by Crippen LogP contribution is 2.33. The third-order valence-electron chi connectivity index (χ3n) is 3.82. The zero-order chi connectivity index (χ0) is 14.8. The van der Waals surface area contributed by atoms with Gasteiger partial charge in [0.25, 0.3) is 0 Å². The summed E-state index contributed by atoms with van der Waals surface area (Å²) in [5, 5.41) is 26.1. The number of rotatable bonds is 3. The first-order valence-corrected chi connectivity index (χ1v) is 7.01. The highest BCUT2D eigenvalue weighted by Gasteiger charge is 2.21. The number of fused-ring (bicyclic) bond motifs is 1. The fraction of sp³-hybridized carbons (Fsp3) is 0.250. The lowest BCUT2D eigenvalue weighted by Crippen LogP contribution is -2.34. The Balaban J connectivity index is 0.00000132. The second-order valence-electron chi connectivity index (χ2n) is 5.30. The topological polar surface area (TPSA) is 90.5 Å². The molecule has 0 saturated heterocycles. The van der Waals surface area contributed by atoms with Gasteiger partial charge in [-0.2, -0.15) is 0 Å². The predicted octanol–water partition coefficient (Wildman–Crippen LogP) is 2.82. The number of phenolic OH excluding ortho intramolecular Hbond substituents is 2. The number of nitrogens with one attached hydrogen (secondary N) is 2. The molecule has 0 aliphatic carbocycles. The zero-order valence-electron chi connectivity index (χ0n) is 12.5. The van der Waals surface area contributed by atoms with Crippen LogP contribution in [-0.2, 0) is 6.42 Å². The summed E-state index contributed by atoms with van der Waals surface area (Å²) in [7, 11) is 0. The maximum atomic E-state index is 9.70. The van der Waals surface area contributed by atoms with Crippen LogP contribution in [0.4, 0.5) is 11.4 Å². The van der Waals surface area contributed by atoms with Crippen LogP contribution in [0.2, 0.25) is 0 Å². The molecule has 7 heteroatoms. The second kappa shape index (κ2) is 8.15. The Morgan fingerprint density at radius 1 is 1.09 bits per heavy atom. The number of halogens is 2. The maximum absolute atomic E-state index is 9.70. The van der Waals surface area contributed by atoms with Crippen molar-refractivity contribution in [1.29, 1.82) is 0 Å². The summed E-state index contributed by atoms with van der Waals surface area (Å²) in [5.41, 5.74) is 9.51. The summed E-state index contributed by atoms with van der Waals surface area (Å²) >= 11 is 0. The summed E-state index contributed by atoms with van der Waals surface area (Å²) in [5.74, 6) is -0.129. The Morgan fingerprint density at radius 3 is 2.43 bits per heavy atom. The summed E-state index contributed by atoms with van der Waals surface area (Å²) in [6.07, 6.45) is 0.849. The molecular formula is C16H21Cl2N3O2. The van der Waals surface area contributed by atoms with Gasteiger partial charge in [-0.1, -0.05) is 0 Å². The molecule has 5 nitrogen and oxygen atoms in total. The van der Waals surface area contributed by atoms with Crippen molar-refractivity contribution in [1.82, 2.24) is 5.32 Å². The normalized spacial score (nSPS) is 15.7. The molecule has 0 spiro atoms. The van der Waals surface area contributed by atoms with Crippen molar-refractivity contribution in [2.45, 2.75) is 12.5 Å². The molecule has 3 rings (SSSR count). The number of hydrogen-bond donors (Lipinski definition) is 5. The molecule has 0 fully saturated rings. The van der Waals surface area contributed by atoms with Gasteiger partial charge < -0.3 is 26.6 Å². The lowest BCUT2D eigenvalue weighted by atomic mass is 9.93. The van der Waals surface area contributed by atoms with Gasteiger partial charge in [0.1, 0.15) is 0 Å². The minimum absolute atomic E-state index is 0. The Morgan fingerprint density at radius 2 is 1.74 bits per heavy atom. The average molecular weight is 358 g/mol. The molecule has 0 amide bonds. The van der Waals surface area contributed by atoms with E-state index in [1.807, 2.05) is 24.3 Å². The van der Waals surface area contributed by atoms with Gasteiger partial charge in [0.05, 0.1) is 0 Å². The third kappa shape index (κ3) is 4.34. The number of benzene rings is 2. The summed E-state index contributed by atoms with van der Waals surface area (Å²) < 4.78 is 0. The maximum Gasteiger partial charge on any atom is 0.157 e. The molecular weight excluding hydrogens is 337 g/mol. The minimum atomic E-state index is -0.0741. The highest BCUT2D eigenvalue weighted by atomic mass is 35.5. The Hall–Kier alpha value is -1.82. The van der Waals surface area contributed by atoms with E-state index in [0.29, 0.717) is 6.54 Å². The molecule has 0 aromatic heterocycles. The number of hydrogen-bond acceptors (Lipinski definition) is 5. The fourth-order valence-electron chi connectivity index (χ4n) is 2.67. The third-order valence-corrected chi connectivity index (χ3v) is 3.82. The van der Waals surface area contributed by atoms with Crippen LogP contribution in [0, 0.1) is 0 Å². The summed E-state index contributed by atoms with van der Waals surface area (Å²) in [6.45, 7) is 1.55. The molecule has 0 radical (unpaired) electrons. The predicted molar refractivity (Wildman–Crippen MR) is 98.1 cm³/mol. The van der Waals surface area contributed by atoms with E-state index in [-0.39, 0.29) is 42.4 Å². The monoisotopic (exact) mass is 357 g/mol. The van der Waals surface area contributed by atoms with E-state index in [4.69, 9.17) is 5.73 Å². The van der Waals surface area contributed by atoms with Gasteiger partial charge in [-0.05, 0) is 60.5 Å². The van der Waals surface area contributed by atoms with Gasteiger partial charge in [-0.25, -0.2) is 0 Å². The molecule has 1 atom stereocenters. The first kappa shape index (κ1) is 19.2. The molecule has 0 bridgehead atoms. The molecule has 23 heavy (non-hydrogen) atoms. The van der Waals surface area contributed by atoms with E-state index in [2.05, 4.69) is 10.6 Å². The molecule has 0 saturated carbocycles. The van der Waals surface area contributed by atoms with Gasteiger partial charge in [-0.3, -0.25) is 0 Å². The van der Waals surface area contributed by atoms with Crippen LogP contribution in [0.3, 0.4) is 0 Å². The van der Waals surface area contributed by atoms with E-state index >= 15 is 0 Å². The van der Waals surface area contributed by atoms with Crippen LogP contribution in [0.1, 0.15) is 17.2 Å². The second-order valence-corrected chi connectivity index (χ2v) is 5.30. The smallest absolute Gasteiger partial charge is 0.157 e. The molecule has 1 unspecified atom stereocenters. The Bertz CT molecular complexity index is 651. The van der Waals surface area contributed by atoms with Crippen molar-refractivity contribution in [2.24, 2.45) is 0 Å². The SMILES string of the molecule is Cl.Cl.Nc1ccc(NCC2NCCc3cc(O)c(O)cc32)cc1. The van der Waals surface area contributed by atoms with Crippen molar-refractivity contribution in [3.05, 3.63) is 47.5 Å². The largest absolute Gasteiger partial charge is 0.504 e. The molecule has 126 valence electrons. The number of nitrogen functional groups attached to an aromatic ring is 1. The zero-order valence-corrected chi connectivity index (χ0v) is 14.1. The van der Waals surface area contributed by atoms with Crippen molar-refractivity contribution in [3.63, 3.8) is 0 Å². The van der Waals surface area contributed by atoms with Crippen LogP contribution in [0.25, 0.3) is 0 Å². The van der Waals surface area contributed by atoms with Gasteiger partial charge in [-0.15, -0.1) is 24.8 Å². The van der Waals surface area contributed by atoms with Gasteiger partial charge >= 0.3 is 0 Å². The summed E-state index contributed by atoms with van der Waals surface area (Å²) in [4.78, 5) is 0. The number of anilines is 2. The van der Waals surface area contributed by atoms with E-state index in [1.165, 1.54) is 0 Å². The number of phenols is 2. The Kier molecular flexibility index (Phi) is 6.81. The van der Waals surface area contributed by atoms with Gasteiger partial charge in [0.15, 0.2) is 11.5 Å². The summed E-state index contributed by atoms with van der Waals surface area (Å²) in [6, 6.07) is 11.0. The fourth-order valence-corrected chi connectivity index (χ4v) is 2.67. The van der Waals surface area contributed by atoms with Crippen LogP contribution in [0.15, 0.2) is 36.4 Å². The van der Waals surface area contributed by atoms with Gasteiger partial charge in [0.2, 0.25) is 0 Å². The molecule has 1 heterocycles. The first-order valence-electron chi connectivity index (χ1n) is 7.01. The van der Waals surface area contributed by atoms with Crippen molar-refractivity contribution in [3.8, 4) is 11.5 Å². The molecule has 2 aromatic rings. The number of aromatic hydroxyl groups is 2. The highest BCUT2D eigenvalue weighted by molar-refractivity contribution is 5.85. The standard InChI is InChI=1S/C16H19N3O2.2ClH/c17-11-1-3-12(4-2-11)19-9-14-13-8-16(21)15(20)7-10(13)5-6-18-14;;/h1-4,7-8,14,18-21H,5-6,9,17H2;2*1H. The van der Waals surface area contributed by atoms with Gasteiger partial charge in [0, 0.05) is 24.0 Å². The molecule has 1 aliphatic rings. The lowest BCUT2D eigenvalue weighted by molar-refractivity contribution is 0.399. The lowest BCUT2D eigenvalue weighted by Gasteiger charge is -2.28. The first-order chi connectivity index (χ1) is 10.1. The van der Waals surface area contributed by atoms with Crippen LogP contribution < -0.4 is 16.4 Å². The van der Waals surface area contributed by atoms with E-state index in [1.54, 1.807) is 12.1 Å². The molecule has 1 aliphatic heterocycles. The minimum Gasteiger partial charge on any atom is -0.504 e. The van der Waals surface area contributed by atoms with E-state index < -0.39 is 0 Å². The van der Waals surface area contributed by atoms with E-state index in [9.17, 15) is 10.2 Å². The Labute approximate surface area is 147 Å². The molecule has 2 aromatic carbocycles. The van der Waals surface area contributed by atoms with Crippen LogP contribution in [-0.4, -0.2) is 23.3 Å². The van der Waals surface area contributed by atoms with Crippen molar-refractivity contribution < 1.29 is 10.2 Å².